The predicted octanol–water partition coefficient (Wildman–Crippen LogP) is 23.1. The molecule has 1 amide bonds. The molecule has 0 aromatic carbocycles. The van der Waals surface area contributed by atoms with Crippen LogP contribution in [0.3, 0.4) is 0 Å². The van der Waals surface area contributed by atoms with E-state index in [1.54, 1.807) is 0 Å². The molecule has 0 aromatic rings. The van der Waals surface area contributed by atoms with Crippen LogP contribution in [0, 0.1) is 0 Å². The molecule has 0 rings (SSSR count). The van der Waals surface area contributed by atoms with Crippen molar-refractivity contribution in [3.63, 3.8) is 0 Å². The Labute approximate surface area is 506 Å². The molecule has 0 aliphatic carbocycles. The zero-order chi connectivity index (χ0) is 59.1. The summed E-state index contributed by atoms with van der Waals surface area (Å²) in [5.74, 6) is -0.137. The van der Waals surface area contributed by atoms with Crippen LogP contribution in [0.15, 0.2) is 24.3 Å². The van der Waals surface area contributed by atoms with Crippen LogP contribution in [0.5, 0.6) is 0 Å². The lowest BCUT2D eigenvalue weighted by Gasteiger charge is -2.26. The fourth-order valence-electron chi connectivity index (χ4n) is 11.3. The topological polar surface area (TPSA) is 105 Å². The van der Waals surface area contributed by atoms with Crippen molar-refractivity contribution in [2.24, 2.45) is 0 Å². The normalized spacial score (nSPS) is 13.7. The van der Waals surface area contributed by atoms with Crippen LogP contribution >= 0.6 is 7.82 Å². The maximum Gasteiger partial charge on any atom is 0.472 e. The Morgan fingerprint density at radius 3 is 1.01 bits per heavy atom. The van der Waals surface area contributed by atoms with Crippen LogP contribution in [0.25, 0.3) is 0 Å². The first-order chi connectivity index (χ1) is 39.5. The number of unbranched alkanes of at least 4 members (excludes halogenated alkanes) is 51. The average molecular weight is 1160 g/mol. The van der Waals surface area contributed by atoms with Gasteiger partial charge in [0.1, 0.15) is 13.2 Å². The van der Waals surface area contributed by atoms with Crippen LogP contribution in [0.2, 0.25) is 0 Å². The number of hydrogen-bond acceptors (Lipinski definition) is 5. The molecule has 0 heterocycles. The van der Waals surface area contributed by atoms with E-state index in [4.69, 9.17) is 9.05 Å². The van der Waals surface area contributed by atoms with Crippen LogP contribution in [0.4, 0.5) is 0 Å². The number of nitrogens with zero attached hydrogens (tertiary/aromatic N) is 1. The molecule has 3 N–H and O–H groups in total. The van der Waals surface area contributed by atoms with Gasteiger partial charge in [-0.1, -0.05) is 353 Å². The fraction of sp³-hybridized carbons (Fsp3) is 0.931. The number of amides is 1. The molecule has 0 spiro atoms. The molecule has 81 heavy (non-hydrogen) atoms. The molecule has 3 atom stereocenters. The highest BCUT2D eigenvalue weighted by Gasteiger charge is 2.28. The van der Waals surface area contributed by atoms with Gasteiger partial charge in [0.15, 0.2) is 0 Å². The van der Waals surface area contributed by atoms with Gasteiger partial charge in [0, 0.05) is 6.42 Å². The van der Waals surface area contributed by atoms with Crippen molar-refractivity contribution in [3.05, 3.63) is 24.3 Å². The molecule has 9 heteroatoms. The third-order valence-corrected chi connectivity index (χ3v) is 17.9. The minimum Gasteiger partial charge on any atom is -0.391 e. The molecule has 0 aromatic heterocycles. The predicted molar refractivity (Wildman–Crippen MR) is 355 cm³/mol. The monoisotopic (exact) mass is 1160 g/mol. The summed E-state index contributed by atoms with van der Waals surface area (Å²) < 4.78 is 23.9. The largest absolute Gasteiger partial charge is 0.472 e. The van der Waals surface area contributed by atoms with Gasteiger partial charge in [-0.3, -0.25) is 13.8 Å². The van der Waals surface area contributed by atoms with E-state index in [0.29, 0.717) is 23.9 Å². The summed E-state index contributed by atoms with van der Waals surface area (Å²) >= 11 is 0. The number of phosphoric acid groups is 1. The van der Waals surface area contributed by atoms with Gasteiger partial charge in [0.05, 0.1) is 39.9 Å². The van der Waals surface area contributed by atoms with Crippen LogP contribution in [-0.2, 0) is 18.4 Å². The summed E-state index contributed by atoms with van der Waals surface area (Å²) in [5, 5.41) is 14.1. The van der Waals surface area contributed by atoms with Crippen LogP contribution in [-0.4, -0.2) is 73.4 Å². The zero-order valence-corrected chi connectivity index (χ0v) is 56.2. The summed E-state index contributed by atoms with van der Waals surface area (Å²) in [6, 6.07) is -0.760. The van der Waals surface area contributed by atoms with E-state index >= 15 is 0 Å². The highest BCUT2D eigenvalue weighted by Crippen LogP contribution is 2.43. The molecular formula is C72H144N2O6P+. The molecule has 0 aliphatic rings. The number of aliphatic hydroxyl groups excluding tert-OH is 1. The summed E-state index contributed by atoms with van der Waals surface area (Å²) in [6.45, 7) is 4.95. The van der Waals surface area contributed by atoms with Crippen molar-refractivity contribution >= 4 is 13.7 Å². The van der Waals surface area contributed by atoms with Crippen molar-refractivity contribution in [1.82, 2.24) is 5.32 Å². The van der Waals surface area contributed by atoms with Gasteiger partial charge in [-0.05, 0) is 44.9 Å². The van der Waals surface area contributed by atoms with Gasteiger partial charge >= 0.3 is 7.82 Å². The van der Waals surface area contributed by atoms with Gasteiger partial charge < -0.3 is 19.8 Å². The minimum absolute atomic E-state index is 0.0772. The van der Waals surface area contributed by atoms with Gasteiger partial charge in [0.25, 0.3) is 0 Å². The first-order valence-electron chi connectivity index (χ1n) is 36.2. The molecule has 8 nitrogen and oxygen atoms in total. The van der Waals surface area contributed by atoms with Crippen molar-refractivity contribution in [2.75, 3.05) is 40.9 Å². The number of phosphoric ester groups is 1. The van der Waals surface area contributed by atoms with Crippen LogP contribution < -0.4 is 5.32 Å². The Balaban J connectivity index is 3.91. The number of rotatable bonds is 68. The lowest BCUT2D eigenvalue weighted by Crippen LogP contribution is -2.46. The standard InChI is InChI=1S/C72H143N2O6P/c1-6-8-10-12-14-16-18-20-22-24-26-28-29-30-31-32-33-34-35-36-37-38-39-40-41-42-43-44-45-46-48-50-52-54-56-58-60-62-64-66-72(76)73-70(69-80-81(77,78)79-68-67-74(3,4)5)71(75)65-63-61-59-57-55-53-51-49-47-27-25-23-21-19-17-15-13-11-9-7-2/h33-34,36-37,70-71,75H,6-32,35,38-69H2,1-5H3,(H-,73,76,77,78)/p+1/b34-33-,37-36-. The summed E-state index contributed by atoms with van der Waals surface area (Å²) in [4.78, 5) is 23.4. The second-order valence-electron chi connectivity index (χ2n) is 26.3. The fourth-order valence-corrected chi connectivity index (χ4v) is 12.1. The highest BCUT2D eigenvalue weighted by molar-refractivity contribution is 7.47. The zero-order valence-electron chi connectivity index (χ0n) is 55.3. The number of nitrogens with one attached hydrogen (secondary N) is 1. The van der Waals surface area contributed by atoms with E-state index in [1.165, 1.54) is 308 Å². The second kappa shape index (κ2) is 63.5. The number of carbonyl (C=O) groups excluding carboxylic acids is 1. The molecule has 0 saturated carbocycles. The first kappa shape index (κ1) is 80.0. The second-order valence-corrected chi connectivity index (χ2v) is 27.8. The van der Waals surface area contributed by atoms with E-state index in [0.717, 1.165) is 44.9 Å². The van der Waals surface area contributed by atoms with E-state index in [2.05, 4.69) is 43.5 Å². The average Bonchev–Trinajstić information content (AvgIpc) is 3.43. The number of quaternary nitrogens is 1. The number of allylic oxidation sites excluding steroid dienone is 4. The maximum atomic E-state index is 13.1. The van der Waals surface area contributed by atoms with E-state index in [9.17, 15) is 19.4 Å². The molecule has 482 valence electrons. The Hall–Kier alpha value is -1.02. The van der Waals surface area contributed by atoms with Crippen LogP contribution in [0.1, 0.15) is 380 Å². The van der Waals surface area contributed by atoms with Gasteiger partial charge in [-0.15, -0.1) is 0 Å². The first-order valence-corrected chi connectivity index (χ1v) is 37.7. The summed E-state index contributed by atoms with van der Waals surface area (Å²) in [7, 11) is 1.63. The van der Waals surface area contributed by atoms with Crippen molar-refractivity contribution in [3.8, 4) is 0 Å². The number of aliphatic hydroxyl groups is 1. The summed E-state index contributed by atoms with van der Waals surface area (Å²) in [5.41, 5.74) is 0. The van der Waals surface area contributed by atoms with Crippen molar-refractivity contribution in [2.45, 2.75) is 392 Å². The molecule has 0 bridgehead atoms. The Morgan fingerprint density at radius 1 is 0.420 bits per heavy atom. The Morgan fingerprint density at radius 2 is 0.704 bits per heavy atom. The molecule has 0 fully saturated rings. The smallest absolute Gasteiger partial charge is 0.391 e. The van der Waals surface area contributed by atoms with Gasteiger partial charge in [-0.25, -0.2) is 4.57 Å². The summed E-state index contributed by atoms with van der Waals surface area (Å²) in [6.07, 6.45) is 83.0. The maximum absolute atomic E-state index is 13.1. The number of likely N-dealkylation sites (N-methyl/N-ethyl adjacent to an activating group) is 1. The van der Waals surface area contributed by atoms with Gasteiger partial charge in [0.2, 0.25) is 5.91 Å². The van der Waals surface area contributed by atoms with Crippen molar-refractivity contribution in [1.29, 1.82) is 0 Å². The van der Waals surface area contributed by atoms with Gasteiger partial charge in [-0.2, -0.15) is 0 Å². The minimum atomic E-state index is -4.33. The van der Waals surface area contributed by atoms with E-state index in [1.807, 2.05) is 21.1 Å². The SMILES string of the molecule is CCCCCCCCCCCCCCCCC/C=C\C/C=C\CCCCCCCCCCCCCCCCCCCC(=O)NC(COP(=O)(O)OCC[N+](C)(C)C)C(O)CCCCCCCCCCCCCCCCCCCCCC. The molecular weight excluding hydrogens is 1020 g/mol. The molecule has 0 radical (unpaired) electrons. The highest BCUT2D eigenvalue weighted by atomic mass is 31.2. The third kappa shape index (κ3) is 66.4. The lowest BCUT2D eigenvalue weighted by molar-refractivity contribution is -0.870. The molecule has 0 saturated heterocycles. The lowest BCUT2D eigenvalue weighted by atomic mass is 10.0. The Bertz CT molecular complexity index is 1370. The molecule has 0 aliphatic heterocycles. The van der Waals surface area contributed by atoms with E-state index in [-0.39, 0.29) is 19.1 Å². The Kier molecular flexibility index (Phi) is 62.7. The van der Waals surface area contributed by atoms with Crippen molar-refractivity contribution < 1.29 is 32.9 Å². The van der Waals surface area contributed by atoms with E-state index < -0.39 is 20.0 Å². The number of hydrogen-bond donors (Lipinski definition) is 3. The third-order valence-electron chi connectivity index (χ3n) is 17.0. The molecule has 3 unspecified atom stereocenters. The quantitative estimate of drug-likeness (QED) is 0.0243. The number of carbonyl (C=O) groups is 1.